The Labute approximate surface area is 254 Å². The number of hydrogen-bond donors (Lipinski definition) is 0. The summed E-state index contributed by atoms with van der Waals surface area (Å²) < 4.78 is 17.9. The molecule has 1 heterocycles. The summed E-state index contributed by atoms with van der Waals surface area (Å²) in [6, 6.07) is 24.7. The first-order valence-electron chi connectivity index (χ1n) is 14.5. The molecule has 1 aliphatic rings. The Morgan fingerprint density at radius 3 is 0.786 bits per heavy atom. The van der Waals surface area contributed by atoms with E-state index in [0.29, 0.717) is 0 Å². The lowest BCUT2D eigenvalue weighted by atomic mass is 9.70. The van der Waals surface area contributed by atoms with Crippen LogP contribution in [0.2, 0.25) is 0 Å². The van der Waals surface area contributed by atoms with Crippen LogP contribution in [0.25, 0.3) is 0 Å². The van der Waals surface area contributed by atoms with Crippen molar-refractivity contribution in [2.75, 3.05) is 0 Å². The van der Waals surface area contributed by atoms with E-state index in [0.717, 1.165) is 16.7 Å². The van der Waals surface area contributed by atoms with Gasteiger partial charge in [-0.1, -0.05) is 134 Å². The zero-order chi connectivity index (χ0) is 30.5. The molecule has 0 spiro atoms. The van der Waals surface area contributed by atoms with E-state index in [4.69, 9.17) is 13.7 Å². The van der Waals surface area contributed by atoms with E-state index >= 15 is 0 Å². The molecule has 210 valence electrons. The van der Waals surface area contributed by atoms with Crippen molar-refractivity contribution >= 4 is 21.4 Å². The lowest BCUT2D eigenvalue weighted by molar-refractivity contribution is 0.311. The normalized spacial score (nSPS) is 13.8. The summed E-state index contributed by atoms with van der Waals surface area (Å²) in [5.41, 5.74) is 6.64. The molecule has 3 aromatic rings. The molecule has 3 aromatic carbocycles. The van der Waals surface area contributed by atoms with Crippen LogP contribution in [0.1, 0.15) is 95.7 Å². The van der Waals surface area contributed by atoms with Crippen LogP contribution in [0.4, 0.5) is 0 Å². The van der Waals surface area contributed by atoms with Crippen molar-refractivity contribution in [3.05, 3.63) is 106 Å². The molecule has 1 fully saturated rings. The van der Waals surface area contributed by atoms with E-state index < -0.39 is 21.4 Å². The quantitative estimate of drug-likeness (QED) is 0.219. The zero-order valence-corrected chi connectivity index (χ0v) is 26.4. The molecular weight excluding hydrogens is 513 g/mol. The molecule has 0 unspecified atom stereocenters. The van der Waals surface area contributed by atoms with E-state index in [1.165, 1.54) is 16.7 Å². The van der Waals surface area contributed by atoms with Gasteiger partial charge in [0.25, 0.3) is 0 Å². The summed E-state index contributed by atoms with van der Waals surface area (Å²) in [5, 5.41) is 0. The van der Waals surface area contributed by atoms with Crippen LogP contribution < -0.4 is 0 Å². The maximum Gasteiger partial charge on any atom is 0.524 e. The Morgan fingerprint density at radius 2 is 0.595 bits per heavy atom. The third-order valence-electron chi connectivity index (χ3n) is 7.00. The van der Waals surface area contributed by atoms with Gasteiger partial charge in [-0.05, 0) is 69.3 Å². The van der Waals surface area contributed by atoms with Crippen molar-refractivity contribution in [3.63, 3.8) is 0 Å². The highest BCUT2D eigenvalue weighted by atomic mass is 16.7. The highest BCUT2D eigenvalue weighted by Gasteiger charge is 2.39. The molecule has 1 saturated heterocycles. The maximum atomic E-state index is 5.96. The topological polar surface area (TPSA) is 27.7 Å². The summed E-state index contributed by atoms with van der Waals surface area (Å²) >= 11 is 0. The molecule has 0 amide bonds. The zero-order valence-electron chi connectivity index (χ0n) is 26.4. The smallest absolute Gasteiger partial charge is 0.430 e. The second-order valence-corrected chi connectivity index (χ2v) is 13.7. The van der Waals surface area contributed by atoms with Gasteiger partial charge in [0.15, 0.2) is 0 Å². The molecule has 4 rings (SSSR count). The molecule has 0 bridgehead atoms. The van der Waals surface area contributed by atoms with E-state index in [1.54, 1.807) is 0 Å². The average Bonchev–Trinajstić information content (AvgIpc) is 2.93. The van der Waals surface area contributed by atoms with Gasteiger partial charge in [-0.3, -0.25) is 0 Å². The van der Waals surface area contributed by atoms with Crippen molar-refractivity contribution in [2.24, 2.45) is 0 Å². The van der Waals surface area contributed by atoms with E-state index in [9.17, 15) is 0 Å². The Kier molecular flexibility index (Phi) is 9.51. The predicted octanol–water partition coefficient (Wildman–Crippen LogP) is 7.18. The lowest BCUT2D eigenvalue weighted by Gasteiger charge is -2.23. The lowest BCUT2D eigenvalue weighted by Crippen LogP contribution is -2.47. The van der Waals surface area contributed by atoms with Crippen LogP contribution in [0, 0.1) is 35.2 Å². The van der Waals surface area contributed by atoms with Crippen LogP contribution >= 0.6 is 0 Å². The first-order valence-corrected chi connectivity index (χ1v) is 14.5. The van der Waals surface area contributed by atoms with Gasteiger partial charge in [-0.15, -0.1) is 0 Å². The van der Waals surface area contributed by atoms with Crippen LogP contribution in [0.3, 0.4) is 0 Å². The number of hydrogen-bond acceptors (Lipinski definition) is 3. The Bertz CT molecular complexity index is 1350. The van der Waals surface area contributed by atoms with Gasteiger partial charge < -0.3 is 13.7 Å². The van der Waals surface area contributed by atoms with Crippen LogP contribution in [-0.2, 0) is 30.0 Å². The van der Waals surface area contributed by atoms with E-state index in [2.05, 4.69) is 134 Å². The summed E-state index contributed by atoms with van der Waals surface area (Å²) in [6.45, 7) is 19.7. The van der Waals surface area contributed by atoms with Gasteiger partial charge >= 0.3 is 21.4 Å². The summed E-state index contributed by atoms with van der Waals surface area (Å²) in [7, 11) is -2.52. The minimum absolute atomic E-state index is 0.0802. The molecule has 3 nitrogen and oxygen atoms in total. The van der Waals surface area contributed by atoms with Crippen LogP contribution in [-0.4, -0.2) is 21.4 Å². The third-order valence-corrected chi connectivity index (χ3v) is 7.00. The van der Waals surface area contributed by atoms with Crippen molar-refractivity contribution in [2.45, 2.75) is 78.6 Å². The van der Waals surface area contributed by atoms with Gasteiger partial charge in [0.1, 0.15) is 0 Å². The van der Waals surface area contributed by atoms with Gasteiger partial charge in [0.05, 0.1) is 0 Å². The molecule has 42 heavy (non-hydrogen) atoms. The Hall–Kier alpha value is -3.59. The maximum absolute atomic E-state index is 5.96. The SMILES string of the molecule is CC(C)(C)c1ccc(C#CB2OB(C#Cc3ccc(C(C)(C)C)cc3)OB(C#Cc3ccc(C(C)(C)C)cc3)O2)cc1. The van der Waals surface area contributed by atoms with Crippen LogP contribution in [0.15, 0.2) is 72.8 Å². The van der Waals surface area contributed by atoms with Gasteiger partial charge in [0.2, 0.25) is 0 Å². The fourth-order valence-electron chi connectivity index (χ4n) is 4.22. The summed E-state index contributed by atoms with van der Waals surface area (Å²) in [4.78, 5) is 0. The van der Waals surface area contributed by atoms with Gasteiger partial charge in [-0.25, -0.2) is 0 Å². The minimum atomic E-state index is -0.842. The van der Waals surface area contributed by atoms with E-state index in [-0.39, 0.29) is 16.2 Å². The highest BCUT2D eigenvalue weighted by Crippen LogP contribution is 2.24. The van der Waals surface area contributed by atoms with Gasteiger partial charge in [0, 0.05) is 16.7 Å². The predicted molar refractivity (Wildman–Crippen MR) is 177 cm³/mol. The molecular formula is C36H39B3O3. The molecule has 6 heteroatoms. The molecule has 0 radical (unpaired) electrons. The highest BCUT2D eigenvalue weighted by molar-refractivity contribution is 6.82. The third kappa shape index (κ3) is 8.96. The first-order chi connectivity index (χ1) is 19.7. The molecule has 0 aliphatic carbocycles. The van der Waals surface area contributed by atoms with Crippen LogP contribution in [0.5, 0.6) is 0 Å². The summed E-state index contributed by atoms with van der Waals surface area (Å²) in [6.07, 6.45) is 0. The fraction of sp³-hybridized carbons (Fsp3) is 0.333. The fourth-order valence-corrected chi connectivity index (χ4v) is 4.22. The number of benzene rings is 3. The second-order valence-electron chi connectivity index (χ2n) is 13.7. The standard InChI is InChI=1S/C36H39B3O3/c1-34(2,3)31-16-10-28(11-17-31)22-25-37-40-38(26-23-29-12-18-32(19-13-29)35(4,5)6)42-39(41-37)27-24-30-14-20-33(21-15-30)36(7,8)9/h10-21H,1-9H3. The van der Waals surface area contributed by atoms with Crippen molar-refractivity contribution in [3.8, 4) is 35.2 Å². The summed E-state index contributed by atoms with van der Waals surface area (Å²) in [5.74, 6) is 18.8. The Morgan fingerprint density at radius 1 is 0.381 bits per heavy atom. The molecule has 0 aromatic heterocycles. The average molecular weight is 552 g/mol. The molecule has 1 aliphatic heterocycles. The Balaban J connectivity index is 1.55. The van der Waals surface area contributed by atoms with Crippen molar-refractivity contribution < 1.29 is 13.7 Å². The van der Waals surface area contributed by atoms with Gasteiger partial charge in [-0.2, -0.15) is 0 Å². The monoisotopic (exact) mass is 552 g/mol. The number of rotatable bonds is 0. The molecule has 0 atom stereocenters. The second kappa shape index (κ2) is 12.7. The van der Waals surface area contributed by atoms with E-state index in [1.807, 2.05) is 36.4 Å². The first kappa shape index (κ1) is 31.4. The minimum Gasteiger partial charge on any atom is -0.430 e. The van der Waals surface area contributed by atoms with Crippen molar-refractivity contribution in [1.82, 2.24) is 0 Å². The molecule has 0 saturated carbocycles. The molecule has 0 N–H and O–H groups in total. The largest absolute Gasteiger partial charge is 0.524 e. The van der Waals surface area contributed by atoms with Crippen molar-refractivity contribution in [1.29, 1.82) is 0 Å².